The van der Waals surface area contributed by atoms with Crippen molar-refractivity contribution in [3.05, 3.63) is 24.8 Å². The van der Waals surface area contributed by atoms with E-state index in [2.05, 4.69) is 11.3 Å². The van der Waals surface area contributed by atoms with Crippen LogP contribution in [-0.2, 0) is 14.3 Å². The molecule has 0 amide bonds. The molecule has 3 heteroatoms. The Morgan fingerprint density at radius 2 is 2.15 bits per heavy atom. The van der Waals surface area contributed by atoms with Crippen molar-refractivity contribution in [1.29, 1.82) is 0 Å². The molecule has 0 aliphatic heterocycles. The van der Waals surface area contributed by atoms with Crippen LogP contribution < -0.4 is 0 Å². The Morgan fingerprint density at radius 1 is 1.46 bits per heavy atom. The smallest absolute Gasteiger partial charge is 0.379 e. The van der Waals surface area contributed by atoms with E-state index in [9.17, 15) is 9.59 Å². The van der Waals surface area contributed by atoms with Crippen LogP contribution in [0.4, 0.5) is 0 Å². The predicted octanol–water partition coefficient (Wildman–Crippen LogP) is 1.25. The molecule has 3 nitrogen and oxygen atoms in total. The monoisotopic (exact) mass is 180 g/mol. The van der Waals surface area contributed by atoms with E-state index < -0.39 is 11.8 Å². The number of hydrogen-bond acceptors (Lipinski definition) is 3. The van der Waals surface area contributed by atoms with Crippen LogP contribution in [0.2, 0.25) is 0 Å². The summed E-state index contributed by atoms with van der Waals surface area (Å²) in [4.78, 5) is 21.8. The zero-order valence-corrected chi connectivity index (χ0v) is 7.36. The molecule has 1 fully saturated rings. The quantitative estimate of drug-likeness (QED) is 0.277. The molecule has 0 aromatic carbocycles. The van der Waals surface area contributed by atoms with Crippen LogP contribution in [0.3, 0.4) is 0 Å². The van der Waals surface area contributed by atoms with Gasteiger partial charge in [-0.05, 0) is 24.8 Å². The third-order valence-corrected chi connectivity index (χ3v) is 1.68. The lowest BCUT2D eigenvalue weighted by Crippen LogP contribution is -2.14. The molecule has 70 valence electrons. The Labute approximate surface area is 77.1 Å². The van der Waals surface area contributed by atoms with Crippen molar-refractivity contribution in [2.24, 2.45) is 5.92 Å². The third kappa shape index (κ3) is 3.69. The first kappa shape index (κ1) is 9.71. The number of carbonyl (C=O) groups excluding carboxylic acids is 2. The van der Waals surface area contributed by atoms with E-state index >= 15 is 0 Å². The van der Waals surface area contributed by atoms with Crippen molar-refractivity contribution in [2.75, 3.05) is 6.61 Å². The van der Waals surface area contributed by atoms with Crippen molar-refractivity contribution >= 4 is 11.8 Å². The zero-order chi connectivity index (χ0) is 9.68. The van der Waals surface area contributed by atoms with Gasteiger partial charge in [-0.15, -0.1) is 0 Å². The first-order valence-corrected chi connectivity index (χ1v) is 4.24. The molecule has 13 heavy (non-hydrogen) atoms. The molecular formula is C10H12O3. The fraction of sp³-hybridized carbons (Fsp3) is 0.400. The minimum Gasteiger partial charge on any atom is -0.455 e. The number of hydrogen-bond donors (Lipinski definition) is 0. The van der Waals surface area contributed by atoms with Gasteiger partial charge in [-0.3, -0.25) is 4.79 Å². The standard InChI is InChI=1S/C10H12O3/c1-2-7-13-10(12)9(11)6-5-8-3-4-8/h2,5-6,8H,1,3-4,7H2/b6-5+. The topological polar surface area (TPSA) is 43.4 Å². The van der Waals surface area contributed by atoms with Crippen LogP contribution >= 0.6 is 0 Å². The van der Waals surface area contributed by atoms with Crippen molar-refractivity contribution in [3.8, 4) is 0 Å². The van der Waals surface area contributed by atoms with Gasteiger partial charge >= 0.3 is 5.97 Å². The molecule has 0 aromatic heterocycles. The first-order valence-electron chi connectivity index (χ1n) is 4.24. The van der Waals surface area contributed by atoms with E-state index in [0.29, 0.717) is 5.92 Å². The molecule has 0 N–H and O–H groups in total. The molecule has 1 rings (SSSR count). The fourth-order valence-corrected chi connectivity index (χ4v) is 0.786. The molecule has 0 saturated heterocycles. The first-order chi connectivity index (χ1) is 6.24. The molecule has 1 aliphatic rings. The molecule has 0 spiro atoms. The lowest BCUT2D eigenvalue weighted by atomic mass is 10.3. The fourth-order valence-electron chi connectivity index (χ4n) is 0.786. The van der Waals surface area contributed by atoms with Crippen molar-refractivity contribution in [1.82, 2.24) is 0 Å². The summed E-state index contributed by atoms with van der Waals surface area (Å²) in [5.41, 5.74) is 0. The highest BCUT2D eigenvalue weighted by Crippen LogP contribution is 2.29. The Morgan fingerprint density at radius 3 is 2.69 bits per heavy atom. The lowest BCUT2D eigenvalue weighted by Gasteiger charge is -1.95. The normalized spacial score (nSPS) is 15.7. The van der Waals surface area contributed by atoms with Gasteiger partial charge in [0.1, 0.15) is 6.61 Å². The van der Waals surface area contributed by atoms with Gasteiger partial charge in [-0.1, -0.05) is 18.7 Å². The maximum atomic E-state index is 11.0. The van der Waals surface area contributed by atoms with Crippen LogP contribution in [0, 0.1) is 5.92 Å². The molecule has 0 atom stereocenters. The SMILES string of the molecule is C=CCOC(=O)C(=O)/C=C/C1CC1. The summed E-state index contributed by atoms with van der Waals surface area (Å²) < 4.78 is 4.55. The lowest BCUT2D eigenvalue weighted by molar-refractivity contribution is -0.150. The highest BCUT2D eigenvalue weighted by Gasteiger charge is 2.19. The van der Waals surface area contributed by atoms with Crippen LogP contribution in [0.5, 0.6) is 0 Å². The highest BCUT2D eigenvalue weighted by atomic mass is 16.5. The van der Waals surface area contributed by atoms with Crippen LogP contribution in [0.25, 0.3) is 0 Å². The Hall–Kier alpha value is -1.38. The van der Waals surface area contributed by atoms with Gasteiger partial charge in [0, 0.05) is 0 Å². The van der Waals surface area contributed by atoms with E-state index in [1.54, 1.807) is 6.08 Å². The van der Waals surface area contributed by atoms with Gasteiger partial charge in [0.15, 0.2) is 0 Å². The summed E-state index contributed by atoms with van der Waals surface area (Å²) >= 11 is 0. The van der Waals surface area contributed by atoms with Crippen LogP contribution in [0.15, 0.2) is 24.8 Å². The second kappa shape index (κ2) is 4.60. The maximum Gasteiger partial charge on any atom is 0.379 e. The number of ether oxygens (including phenoxy) is 1. The summed E-state index contributed by atoms with van der Waals surface area (Å²) in [5, 5.41) is 0. The number of carbonyl (C=O) groups is 2. The van der Waals surface area contributed by atoms with Crippen LogP contribution in [0.1, 0.15) is 12.8 Å². The molecular weight excluding hydrogens is 168 g/mol. The molecule has 0 radical (unpaired) electrons. The van der Waals surface area contributed by atoms with Gasteiger partial charge in [0.25, 0.3) is 5.78 Å². The molecule has 0 unspecified atom stereocenters. The number of rotatable bonds is 5. The van der Waals surface area contributed by atoms with Gasteiger partial charge in [0.2, 0.25) is 0 Å². The maximum absolute atomic E-state index is 11.0. The Kier molecular flexibility index (Phi) is 3.43. The number of esters is 1. The molecule has 0 heterocycles. The molecule has 0 bridgehead atoms. The van der Waals surface area contributed by atoms with E-state index in [1.807, 2.05) is 0 Å². The van der Waals surface area contributed by atoms with E-state index in [-0.39, 0.29) is 6.61 Å². The van der Waals surface area contributed by atoms with Gasteiger partial charge < -0.3 is 4.74 Å². The van der Waals surface area contributed by atoms with E-state index in [0.717, 1.165) is 12.8 Å². The highest BCUT2D eigenvalue weighted by molar-refractivity contribution is 6.38. The van der Waals surface area contributed by atoms with E-state index in [4.69, 9.17) is 0 Å². The van der Waals surface area contributed by atoms with Crippen molar-refractivity contribution in [3.63, 3.8) is 0 Å². The van der Waals surface area contributed by atoms with Crippen LogP contribution in [-0.4, -0.2) is 18.4 Å². The third-order valence-electron chi connectivity index (χ3n) is 1.68. The molecule has 1 aliphatic carbocycles. The Balaban J connectivity index is 2.28. The number of allylic oxidation sites excluding steroid dienone is 1. The second-order valence-electron chi connectivity index (χ2n) is 2.95. The van der Waals surface area contributed by atoms with Gasteiger partial charge in [-0.2, -0.15) is 0 Å². The summed E-state index contributed by atoms with van der Waals surface area (Å²) in [6.45, 7) is 3.45. The van der Waals surface area contributed by atoms with Gasteiger partial charge in [0.05, 0.1) is 0 Å². The molecule has 1 saturated carbocycles. The minimum absolute atomic E-state index is 0.0852. The largest absolute Gasteiger partial charge is 0.455 e. The Bertz CT molecular complexity index is 249. The minimum atomic E-state index is -0.809. The van der Waals surface area contributed by atoms with Crippen molar-refractivity contribution in [2.45, 2.75) is 12.8 Å². The molecule has 0 aromatic rings. The summed E-state index contributed by atoms with van der Waals surface area (Å²) in [6.07, 6.45) is 6.72. The second-order valence-corrected chi connectivity index (χ2v) is 2.95. The number of ketones is 1. The van der Waals surface area contributed by atoms with E-state index in [1.165, 1.54) is 12.2 Å². The average Bonchev–Trinajstić information content (AvgIpc) is 2.93. The van der Waals surface area contributed by atoms with Crippen molar-refractivity contribution < 1.29 is 14.3 Å². The zero-order valence-electron chi connectivity index (χ0n) is 7.36. The summed E-state index contributed by atoms with van der Waals surface area (Å²) in [5.74, 6) is -0.901. The van der Waals surface area contributed by atoms with Gasteiger partial charge in [-0.25, -0.2) is 4.79 Å². The average molecular weight is 180 g/mol. The summed E-state index contributed by atoms with van der Waals surface area (Å²) in [7, 11) is 0. The summed E-state index contributed by atoms with van der Waals surface area (Å²) in [6, 6.07) is 0. The predicted molar refractivity (Wildman–Crippen MR) is 48.0 cm³/mol.